The molecule has 0 bridgehead atoms. The van der Waals surface area contributed by atoms with Crippen molar-refractivity contribution < 1.29 is 28.4 Å². The average Bonchev–Trinajstić information content (AvgIpc) is 2.85. The van der Waals surface area contributed by atoms with Crippen molar-refractivity contribution in [3.05, 3.63) is 57.8 Å². The van der Waals surface area contributed by atoms with Gasteiger partial charge in [0.2, 0.25) is 0 Å². The first-order valence-electron chi connectivity index (χ1n) is 5.35. The lowest BCUT2D eigenvalue weighted by molar-refractivity contribution is -0.386. The Hall–Kier alpha value is -2.90. The van der Waals surface area contributed by atoms with Crippen LogP contribution < -0.4 is 4.74 Å². The molecule has 7 nitrogen and oxygen atoms in total. The van der Waals surface area contributed by atoms with Gasteiger partial charge in [-0.2, -0.15) is 0 Å². The topological polar surface area (TPSA) is 103 Å². The van der Waals surface area contributed by atoms with Crippen LogP contribution in [0.5, 0.6) is 5.75 Å². The summed E-state index contributed by atoms with van der Waals surface area (Å²) in [6.45, 7) is -0.252. The number of carboxylic acid groups (broad SMARTS) is 1. The number of nitro groups is 1. The van der Waals surface area contributed by atoms with Crippen LogP contribution in [0.1, 0.15) is 16.1 Å². The van der Waals surface area contributed by atoms with Crippen molar-refractivity contribution in [3.8, 4) is 5.75 Å². The molecule has 1 N–H and O–H groups in total. The third-order valence-corrected chi connectivity index (χ3v) is 2.39. The molecule has 2 aromatic rings. The van der Waals surface area contributed by atoms with Gasteiger partial charge in [0, 0.05) is 12.1 Å². The number of halogens is 1. The van der Waals surface area contributed by atoms with Gasteiger partial charge in [-0.3, -0.25) is 10.1 Å². The van der Waals surface area contributed by atoms with E-state index in [9.17, 15) is 19.3 Å². The fourth-order valence-corrected chi connectivity index (χ4v) is 1.47. The minimum absolute atomic E-state index is 0.0719. The molecule has 0 fully saturated rings. The maximum absolute atomic E-state index is 13.0. The van der Waals surface area contributed by atoms with E-state index in [1.165, 1.54) is 6.07 Å². The number of nitrogens with zero attached hydrogens (tertiary/aromatic N) is 1. The highest BCUT2D eigenvalue weighted by Gasteiger charge is 2.17. The number of carbonyl (C=O) groups is 1. The van der Waals surface area contributed by atoms with Crippen LogP contribution in [0.25, 0.3) is 0 Å². The van der Waals surface area contributed by atoms with Gasteiger partial charge in [-0.25, -0.2) is 9.18 Å². The molecule has 0 aliphatic heterocycles. The number of hydrogen-bond acceptors (Lipinski definition) is 5. The van der Waals surface area contributed by atoms with Crippen LogP contribution in [0.4, 0.5) is 10.1 Å². The summed E-state index contributed by atoms with van der Waals surface area (Å²) in [6, 6.07) is 4.02. The van der Waals surface area contributed by atoms with Gasteiger partial charge in [-0.1, -0.05) is 0 Å². The van der Waals surface area contributed by atoms with Crippen molar-refractivity contribution in [1.29, 1.82) is 0 Å². The summed E-state index contributed by atoms with van der Waals surface area (Å²) in [5.74, 6) is -1.96. The first-order chi connectivity index (χ1) is 9.47. The van der Waals surface area contributed by atoms with Crippen LogP contribution in [-0.4, -0.2) is 16.0 Å². The van der Waals surface area contributed by atoms with Gasteiger partial charge in [0.1, 0.15) is 24.4 Å². The molecule has 1 heterocycles. The molecule has 0 aliphatic carbocycles. The molecule has 0 amide bonds. The predicted octanol–water partition coefficient (Wildman–Crippen LogP) is 2.60. The van der Waals surface area contributed by atoms with Crippen LogP contribution in [0, 0.1) is 15.9 Å². The number of nitro benzene ring substituents is 1. The van der Waals surface area contributed by atoms with E-state index in [-0.39, 0.29) is 23.7 Å². The van der Waals surface area contributed by atoms with Gasteiger partial charge >= 0.3 is 11.7 Å². The Morgan fingerprint density at radius 2 is 2.20 bits per heavy atom. The zero-order chi connectivity index (χ0) is 14.7. The molecule has 0 saturated carbocycles. The largest absolute Gasteiger partial charge is 0.479 e. The highest BCUT2D eigenvalue weighted by molar-refractivity contribution is 5.87. The number of aromatic carboxylic acids is 1. The van der Waals surface area contributed by atoms with Crippen LogP contribution in [-0.2, 0) is 6.61 Å². The van der Waals surface area contributed by atoms with E-state index in [1.807, 2.05) is 0 Å². The Labute approximate surface area is 111 Å². The van der Waals surface area contributed by atoms with E-state index in [0.717, 1.165) is 24.5 Å². The lowest BCUT2D eigenvalue weighted by atomic mass is 10.3. The summed E-state index contributed by atoms with van der Waals surface area (Å²) in [6.07, 6.45) is 1.01. The zero-order valence-electron chi connectivity index (χ0n) is 9.91. The summed E-state index contributed by atoms with van der Waals surface area (Å²) < 4.78 is 23.0. The summed E-state index contributed by atoms with van der Waals surface area (Å²) in [4.78, 5) is 20.7. The third-order valence-electron chi connectivity index (χ3n) is 2.39. The normalized spacial score (nSPS) is 10.2. The maximum atomic E-state index is 13.0. The van der Waals surface area contributed by atoms with Crippen molar-refractivity contribution in [1.82, 2.24) is 0 Å². The van der Waals surface area contributed by atoms with Crippen molar-refractivity contribution in [2.45, 2.75) is 6.61 Å². The van der Waals surface area contributed by atoms with Gasteiger partial charge in [0.05, 0.1) is 10.5 Å². The second-order valence-corrected chi connectivity index (χ2v) is 3.76. The molecule has 2 rings (SSSR count). The first kappa shape index (κ1) is 13.5. The lowest BCUT2D eigenvalue weighted by Crippen LogP contribution is -1.99. The monoisotopic (exact) mass is 281 g/mol. The summed E-state index contributed by atoms with van der Waals surface area (Å²) in [5, 5.41) is 19.4. The molecule has 20 heavy (non-hydrogen) atoms. The van der Waals surface area contributed by atoms with Gasteiger partial charge in [-0.05, 0) is 12.1 Å². The molecule has 0 unspecified atom stereocenters. The molecule has 0 saturated heterocycles. The molecule has 0 radical (unpaired) electrons. The van der Waals surface area contributed by atoms with Crippen LogP contribution in [0.15, 0.2) is 34.9 Å². The van der Waals surface area contributed by atoms with Crippen LogP contribution >= 0.6 is 0 Å². The first-order valence-corrected chi connectivity index (χ1v) is 5.35. The fraction of sp³-hybridized carbons (Fsp3) is 0.0833. The van der Waals surface area contributed by atoms with Gasteiger partial charge in [0.25, 0.3) is 0 Å². The number of ether oxygens (including phenoxy) is 1. The second-order valence-electron chi connectivity index (χ2n) is 3.76. The molecule has 1 aromatic heterocycles. The SMILES string of the molecule is O=C(O)c1coc(COc2cc(F)ccc2[N+](=O)[O-])c1. The Bertz CT molecular complexity index is 666. The Morgan fingerprint density at radius 3 is 2.80 bits per heavy atom. The Morgan fingerprint density at radius 1 is 1.45 bits per heavy atom. The van der Waals surface area contributed by atoms with E-state index in [0.29, 0.717) is 0 Å². The molecular formula is C12H8FNO6. The number of benzene rings is 1. The molecule has 104 valence electrons. The molecule has 1 aromatic carbocycles. The molecular weight excluding hydrogens is 273 g/mol. The average molecular weight is 281 g/mol. The van der Waals surface area contributed by atoms with Gasteiger partial charge < -0.3 is 14.3 Å². The maximum Gasteiger partial charge on any atom is 0.338 e. The minimum Gasteiger partial charge on any atom is -0.479 e. The quantitative estimate of drug-likeness (QED) is 0.667. The highest BCUT2D eigenvalue weighted by Crippen LogP contribution is 2.28. The minimum atomic E-state index is -1.17. The third kappa shape index (κ3) is 2.91. The molecule has 0 atom stereocenters. The van der Waals surface area contributed by atoms with E-state index in [4.69, 9.17) is 14.3 Å². The van der Waals surface area contributed by atoms with E-state index >= 15 is 0 Å². The zero-order valence-corrected chi connectivity index (χ0v) is 9.91. The summed E-state index contributed by atoms with van der Waals surface area (Å²) in [7, 11) is 0. The van der Waals surface area contributed by atoms with Gasteiger partial charge in [-0.15, -0.1) is 0 Å². The molecule has 0 aliphatic rings. The standard InChI is InChI=1S/C12H8FNO6/c13-8-1-2-10(14(17)18)11(4-8)20-6-9-3-7(5-19-9)12(15)16/h1-5H,6H2,(H,15,16). The van der Waals surface area contributed by atoms with Crippen LogP contribution in [0.3, 0.4) is 0 Å². The Balaban J connectivity index is 2.15. The van der Waals surface area contributed by atoms with E-state index in [1.54, 1.807) is 0 Å². The van der Waals surface area contributed by atoms with Crippen molar-refractivity contribution in [2.75, 3.05) is 0 Å². The highest BCUT2D eigenvalue weighted by atomic mass is 19.1. The van der Waals surface area contributed by atoms with Crippen molar-refractivity contribution in [3.63, 3.8) is 0 Å². The number of carboxylic acids is 1. The fourth-order valence-electron chi connectivity index (χ4n) is 1.47. The molecule has 0 spiro atoms. The van der Waals surface area contributed by atoms with E-state index in [2.05, 4.69) is 0 Å². The molecule has 8 heteroatoms. The van der Waals surface area contributed by atoms with E-state index < -0.39 is 22.4 Å². The summed E-state index contributed by atoms with van der Waals surface area (Å²) in [5.41, 5.74) is -0.464. The smallest absolute Gasteiger partial charge is 0.338 e. The number of furan rings is 1. The number of rotatable bonds is 5. The number of hydrogen-bond donors (Lipinski definition) is 1. The van der Waals surface area contributed by atoms with Gasteiger partial charge in [0.15, 0.2) is 5.75 Å². The predicted molar refractivity (Wildman–Crippen MR) is 63.1 cm³/mol. The lowest BCUT2D eigenvalue weighted by Gasteiger charge is -2.04. The van der Waals surface area contributed by atoms with Crippen molar-refractivity contribution >= 4 is 11.7 Å². The second kappa shape index (κ2) is 5.39. The summed E-state index contributed by atoms with van der Waals surface area (Å²) >= 11 is 0. The van der Waals surface area contributed by atoms with Crippen molar-refractivity contribution in [2.24, 2.45) is 0 Å². The Kier molecular flexibility index (Phi) is 3.65. The van der Waals surface area contributed by atoms with Crippen LogP contribution in [0.2, 0.25) is 0 Å².